The summed E-state index contributed by atoms with van der Waals surface area (Å²) in [7, 11) is 0. The molecule has 1 rings (SSSR count). The Hall–Kier alpha value is -0.590. The monoisotopic (exact) mass is 238 g/mol. The Morgan fingerprint density at radius 2 is 2.06 bits per heavy atom. The number of hydrogen-bond acceptors (Lipinski definition) is 3. The molecule has 3 nitrogen and oxygen atoms in total. The zero-order chi connectivity index (χ0) is 12.7. The Labute approximate surface area is 105 Å². The minimum Gasteiger partial charge on any atom is -0.396 e. The van der Waals surface area contributed by atoms with Crippen molar-refractivity contribution in [3.8, 4) is 6.07 Å². The van der Waals surface area contributed by atoms with E-state index in [2.05, 4.69) is 25.2 Å². The van der Waals surface area contributed by atoms with Crippen LogP contribution in [0.4, 0.5) is 0 Å². The molecule has 0 heterocycles. The summed E-state index contributed by atoms with van der Waals surface area (Å²) in [5.74, 6) is 1.15. The number of aliphatic hydroxyl groups is 1. The van der Waals surface area contributed by atoms with Crippen LogP contribution in [0.1, 0.15) is 46.0 Å². The molecule has 0 radical (unpaired) electrons. The van der Waals surface area contributed by atoms with E-state index in [1.54, 1.807) is 0 Å². The van der Waals surface area contributed by atoms with Crippen molar-refractivity contribution in [2.75, 3.05) is 19.7 Å². The molecule has 0 aromatic carbocycles. The highest BCUT2D eigenvalue weighted by Crippen LogP contribution is 2.31. The lowest BCUT2D eigenvalue weighted by atomic mass is 9.87. The number of hydrogen-bond donors (Lipinski definition) is 2. The van der Waals surface area contributed by atoms with E-state index in [1.165, 1.54) is 19.3 Å². The highest BCUT2D eigenvalue weighted by atomic mass is 16.3. The molecule has 0 bridgehead atoms. The summed E-state index contributed by atoms with van der Waals surface area (Å²) in [5.41, 5.74) is 0.197. The summed E-state index contributed by atoms with van der Waals surface area (Å²) in [5, 5.41) is 21.4. The molecular formula is C14H26N2O. The van der Waals surface area contributed by atoms with Crippen molar-refractivity contribution in [2.24, 2.45) is 17.3 Å². The molecular weight excluding hydrogens is 212 g/mol. The highest BCUT2D eigenvalue weighted by Gasteiger charge is 2.26. The molecule has 1 fully saturated rings. The van der Waals surface area contributed by atoms with Crippen LogP contribution in [-0.4, -0.2) is 24.8 Å². The molecule has 2 atom stereocenters. The minimum absolute atomic E-state index is 0.197. The van der Waals surface area contributed by atoms with Gasteiger partial charge in [-0.15, -0.1) is 0 Å². The molecule has 1 aliphatic carbocycles. The number of aliphatic hydroxyl groups excluding tert-OH is 1. The van der Waals surface area contributed by atoms with Gasteiger partial charge in [0, 0.05) is 19.6 Å². The number of rotatable bonds is 7. The van der Waals surface area contributed by atoms with Crippen LogP contribution in [0, 0.1) is 28.6 Å². The molecule has 98 valence electrons. The Kier molecular flexibility index (Phi) is 5.94. The molecule has 17 heavy (non-hydrogen) atoms. The number of nitrogens with one attached hydrogen (secondary N) is 1. The van der Waals surface area contributed by atoms with Crippen LogP contribution < -0.4 is 5.32 Å². The summed E-state index contributed by atoms with van der Waals surface area (Å²) in [6.07, 6.45) is 5.27. The van der Waals surface area contributed by atoms with Crippen molar-refractivity contribution in [3.63, 3.8) is 0 Å². The average molecular weight is 238 g/mol. The first-order chi connectivity index (χ1) is 8.09. The Morgan fingerprint density at radius 3 is 2.71 bits per heavy atom. The third-order valence-corrected chi connectivity index (χ3v) is 3.97. The fraction of sp³-hybridized carbons (Fsp3) is 0.929. The fourth-order valence-corrected chi connectivity index (χ4v) is 2.70. The van der Waals surface area contributed by atoms with Crippen LogP contribution in [0.2, 0.25) is 0 Å². The summed E-state index contributed by atoms with van der Waals surface area (Å²) in [6.45, 7) is 6.72. The molecule has 1 saturated carbocycles. The second kappa shape index (κ2) is 6.98. The summed E-state index contributed by atoms with van der Waals surface area (Å²) in [4.78, 5) is 0. The minimum atomic E-state index is 0.197. The van der Waals surface area contributed by atoms with Gasteiger partial charge in [-0.25, -0.2) is 0 Å². The van der Waals surface area contributed by atoms with Crippen LogP contribution >= 0.6 is 0 Å². The average Bonchev–Trinajstić information content (AvgIpc) is 2.74. The molecule has 0 amide bonds. The maximum Gasteiger partial charge on any atom is 0.0621 e. The number of nitrogens with zero attached hydrogens (tertiary/aromatic N) is 1. The molecule has 0 spiro atoms. The summed E-state index contributed by atoms with van der Waals surface area (Å²) >= 11 is 0. The van der Waals surface area contributed by atoms with Gasteiger partial charge in [-0.1, -0.05) is 20.3 Å². The first-order valence-corrected chi connectivity index (χ1v) is 6.77. The highest BCUT2D eigenvalue weighted by molar-refractivity contribution is 4.82. The second-order valence-corrected chi connectivity index (χ2v) is 6.09. The van der Waals surface area contributed by atoms with Gasteiger partial charge >= 0.3 is 0 Å². The molecule has 2 N–H and O–H groups in total. The van der Waals surface area contributed by atoms with Crippen molar-refractivity contribution in [1.82, 2.24) is 5.32 Å². The van der Waals surface area contributed by atoms with E-state index in [4.69, 9.17) is 5.26 Å². The van der Waals surface area contributed by atoms with Crippen LogP contribution in [0.5, 0.6) is 0 Å². The molecule has 0 saturated heterocycles. The molecule has 0 aromatic rings. The lowest BCUT2D eigenvalue weighted by molar-refractivity contribution is 0.188. The van der Waals surface area contributed by atoms with E-state index in [-0.39, 0.29) is 5.41 Å². The quantitative estimate of drug-likeness (QED) is 0.715. The SMILES string of the molecule is CC(C)(CCC#N)CNCC1CCCC1CO. The number of nitriles is 1. The van der Waals surface area contributed by atoms with Crippen molar-refractivity contribution in [3.05, 3.63) is 0 Å². The first kappa shape index (κ1) is 14.5. The van der Waals surface area contributed by atoms with Crippen molar-refractivity contribution >= 4 is 0 Å². The van der Waals surface area contributed by atoms with Crippen LogP contribution in [0.15, 0.2) is 0 Å². The van der Waals surface area contributed by atoms with Gasteiger partial charge in [0.15, 0.2) is 0 Å². The van der Waals surface area contributed by atoms with Gasteiger partial charge < -0.3 is 10.4 Å². The third kappa shape index (κ3) is 5.06. The van der Waals surface area contributed by atoms with Crippen molar-refractivity contribution in [2.45, 2.75) is 46.0 Å². The lowest BCUT2D eigenvalue weighted by Crippen LogP contribution is -2.34. The van der Waals surface area contributed by atoms with Gasteiger partial charge in [0.25, 0.3) is 0 Å². The third-order valence-electron chi connectivity index (χ3n) is 3.97. The largest absolute Gasteiger partial charge is 0.396 e. The topological polar surface area (TPSA) is 56.0 Å². The standard InChI is InChI=1S/C14H26N2O/c1-14(2,7-4-8-15)11-16-9-12-5-3-6-13(12)10-17/h12-13,16-17H,3-7,9-11H2,1-2H3. The first-order valence-electron chi connectivity index (χ1n) is 6.77. The van der Waals surface area contributed by atoms with E-state index in [0.29, 0.717) is 24.9 Å². The Morgan fingerprint density at radius 1 is 1.35 bits per heavy atom. The molecule has 1 aliphatic rings. The zero-order valence-corrected chi connectivity index (χ0v) is 11.2. The molecule has 2 unspecified atom stereocenters. The van der Waals surface area contributed by atoms with Gasteiger partial charge in [-0.2, -0.15) is 5.26 Å². The molecule has 3 heteroatoms. The Bertz CT molecular complexity index is 257. The Balaban J connectivity index is 2.20. The van der Waals surface area contributed by atoms with Crippen molar-refractivity contribution in [1.29, 1.82) is 5.26 Å². The maximum atomic E-state index is 9.25. The summed E-state index contributed by atoms with van der Waals surface area (Å²) < 4.78 is 0. The maximum absolute atomic E-state index is 9.25. The van der Waals surface area contributed by atoms with E-state index in [1.807, 2.05) is 0 Å². The second-order valence-electron chi connectivity index (χ2n) is 6.09. The van der Waals surface area contributed by atoms with Crippen LogP contribution in [-0.2, 0) is 0 Å². The van der Waals surface area contributed by atoms with Gasteiger partial charge in [0.05, 0.1) is 6.07 Å². The molecule has 0 aliphatic heterocycles. The van der Waals surface area contributed by atoms with Gasteiger partial charge in [-0.3, -0.25) is 0 Å². The van der Waals surface area contributed by atoms with E-state index >= 15 is 0 Å². The van der Waals surface area contributed by atoms with E-state index < -0.39 is 0 Å². The predicted octanol–water partition coefficient (Wildman–Crippen LogP) is 2.31. The van der Waals surface area contributed by atoms with E-state index in [0.717, 1.165) is 19.5 Å². The zero-order valence-electron chi connectivity index (χ0n) is 11.2. The normalized spacial score (nSPS) is 24.8. The van der Waals surface area contributed by atoms with Crippen LogP contribution in [0.3, 0.4) is 0 Å². The molecule has 0 aromatic heterocycles. The summed E-state index contributed by atoms with van der Waals surface area (Å²) in [6, 6.07) is 2.21. The predicted molar refractivity (Wildman–Crippen MR) is 69.4 cm³/mol. The van der Waals surface area contributed by atoms with Gasteiger partial charge in [0.1, 0.15) is 0 Å². The van der Waals surface area contributed by atoms with Gasteiger partial charge in [-0.05, 0) is 43.1 Å². The van der Waals surface area contributed by atoms with Gasteiger partial charge in [0.2, 0.25) is 0 Å². The smallest absolute Gasteiger partial charge is 0.0621 e. The van der Waals surface area contributed by atoms with Crippen molar-refractivity contribution < 1.29 is 5.11 Å². The fourth-order valence-electron chi connectivity index (χ4n) is 2.70. The lowest BCUT2D eigenvalue weighted by Gasteiger charge is -2.26. The van der Waals surface area contributed by atoms with E-state index in [9.17, 15) is 5.11 Å². The van der Waals surface area contributed by atoms with Crippen LogP contribution in [0.25, 0.3) is 0 Å².